The van der Waals surface area contributed by atoms with E-state index in [9.17, 15) is 4.79 Å². The summed E-state index contributed by atoms with van der Waals surface area (Å²) < 4.78 is 0. The molecule has 1 rings (SSSR count). The normalized spacial score (nSPS) is 18.2. The second-order valence-electron chi connectivity index (χ2n) is 4.96. The Bertz CT molecular complexity index is 224. The molecule has 4 nitrogen and oxygen atoms in total. The predicted molar refractivity (Wildman–Crippen MR) is 66.4 cm³/mol. The van der Waals surface area contributed by atoms with E-state index in [0.29, 0.717) is 6.42 Å². The van der Waals surface area contributed by atoms with Gasteiger partial charge in [0.15, 0.2) is 0 Å². The summed E-state index contributed by atoms with van der Waals surface area (Å²) in [5.41, 5.74) is 0.235. The number of likely N-dealkylation sites (N-methyl/N-ethyl adjacent to an activating group) is 1. The first kappa shape index (κ1) is 13.5. The van der Waals surface area contributed by atoms with E-state index in [2.05, 4.69) is 29.6 Å². The van der Waals surface area contributed by atoms with E-state index < -0.39 is 0 Å². The van der Waals surface area contributed by atoms with E-state index in [1.165, 1.54) is 19.3 Å². The largest absolute Gasteiger partial charge is 0.354 e. The molecule has 1 aliphatic rings. The fourth-order valence-corrected chi connectivity index (χ4v) is 2.14. The molecule has 0 unspecified atom stereocenters. The van der Waals surface area contributed by atoms with E-state index in [-0.39, 0.29) is 11.4 Å². The van der Waals surface area contributed by atoms with Gasteiger partial charge in [0.1, 0.15) is 0 Å². The standard InChI is InChI=1S/C12H25N3O/c1-13-9-4-6-11(16)14-10-12(15(2)3)7-5-8-12/h13H,4-10H2,1-3H3,(H,14,16). The first-order valence-electron chi connectivity index (χ1n) is 6.19. The molecule has 0 bridgehead atoms. The van der Waals surface area contributed by atoms with Crippen LogP contribution >= 0.6 is 0 Å². The van der Waals surface area contributed by atoms with Crippen molar-refractivity contribution in [3.8, 4) is 0 Å². The molecule has 0 aromatic carbocycles. The topological polar surface area (TPSA) is 44.4 Å². The maximum Gasteiger partial charge on any atom is 0.220 e. The molecule has 0 heterocycles. The summed E-state index contributed by atoms with van der Waals surface area (Å²) in [4.78, 5) is 13.8. The lowest BCUT2D eigenvalue weighted by Crippen LogP contribution is -2.57. The van der Waals surface area contributed by atoms with Crippen LogP contribution in [0.3, 0.4) is 0 Å². The average Bonchev–Trinajstić information content (AvgIpc) is 2.16. The highest BCUT2D eigenvalue weighted by Gasteiger charge is 2.38. The summed E-state index contributed by atoms with van der Waals surface area (Å²) in [6, 6.07) is 0. The molecule has 0 aliphatic heterocycles. The summed E-state index contributed by atoms with van der Waals surface area (Å²) in [5, 5.41) is 6.11. The molecule has 2 N–H and O–H groups in total. The molecular formula is C12H25N3O. The first-order chi connectivity index (χ1) is 7.60. The molecule has 1 saturated carbocycles. The molecule has 4 heteroatoms. The molecule has 0 radical (unpaired) electrons. The smallest absolute Gasteiger partial charge is 0.220 e. The van der Waals surface area contributed by atoms with E-state index in [0.717, 1.165) is 19.5 Å². The maximum absolute atomic E-state index is 11.6. The molecule has 0 saturated heterocycles. The molecule has 0 atom stereocenters. The van der Waals surface area contributed by atoms with Crippen LogP contribution in [0.4, 0.5) is 0 Å². The summed E-state index contributed by atoms with van der Waals surface area (Å²) in [7, 11) is 6.12. The Balaban J connectivity index is 2.20. The van der Waals surface area contributed by atoms with Crippen molar-refractivity contribution in [2.24, 2.45) is 0 Å². The Morgan fingerprint density at radius 3 is 2.50 bits per heavy atom. The lowest BCUT2D eigenvalue weighted by Gasteiger charge is -2.47. The second kappa shape index (κ2) is 6.21. The van der Waals surface area contributed by atoms with Crippen molar-refractivity contribution in [1.29, 1.82) is 0 Å². The van der Waals surface area contributed by atoms with Gasteiger partial charge in [-0.2, -0.15) is 0 Å². The summed E-state index contributed by atoms with van der Waals surface area (Å²) in [5.74, 6) is 0.184. The molecule has 0 aromatic heterocycles. The van der Waals surface area contributed by atoms with Crippen LogP contribution < -0.4 is 10.6 Å². The SMILES string of the molecule is CNCCCC(=O)NCC1(N(C)C)CCC1. The van der Waals surface area contributed by atoms with Crippen molar-refractivity contribution in [2.45, 2.75) is 37.6 Å². The zero-order chi connectivity index (χ0) is 12.0. The highest BCUT2D eigenvalue weighted by atomic mass is 16.1. The van der Waals surface area contributed by atoms with Gasteiger partial charge in [0.2, 0.25) is 5.91 Å². The molecular weight excluding hydrogens is 202 g/mol. The fraction of sp³-hybridized carbons (Fsp3) is 0.917. The molecule has 16 heavy (non-hydrogen) atoms. The van der Waals surface area contributed by atoms with Crippen molar-refractivity contribution in [2.75, 3.05) is 34.2 Å². The highest BCUT2D eigenvalue weighted by Crippen LogP contribution is 2.35. The van der Waals surface area contributed by atoms with Crippen LogP contribution in [0.1, 0.15) is 32.1 Å². The van der Waals surface area contributed by atoms with E-state index in [1.54, 1.807) is 0 Å². The summed E-state index contributed by atoms with van der Waals surface area (Å²) >= 11 is 0. The Hall–Kier alpha value is -0.610. The van der Waals surface area contributed by atoms with Crippen molar-refractivity contribution in [3.05, 3.63) is 0 Å². The summed E-state index contributed by atoms with van der Waals surface area (Å²) in [6.45, 7) is 1.71. The van der Waals surface area contributed by atoms with Gasteiger partial charge in [-0.3, -0.25) is 4.79 Å². The number of amides is 1. The minimum Gasteiger partial charge on any atom is -0.354 e. The maximum atomic E-state index is 11.6. The van der Waals surface area contributed by atoms with Gasteiger partial charge in [-0.25, -0.2) is 0 Å². The molecule has 0 aromatic rings. The molecule has 0 spiro atoms. The van der Waals surface area contributed by atoms with Gasteiger partial charge in [0, 0.05) is 18.5 Å². The van der Waals surface area contributed by atoms with Crippen LogP contribution in [-0.2, 0) is 4.79 Å². The lowest BCUT2D eigenvalue weighted by molar-refractivity contribution is -0.122. The van der Waals surface area contributed by atoms with Crippen LogP contribution in [0.25, 0.3) is 0 Å². The fourth-order valence-electron chi connectivity index (χ4n) is 2.14. The number of nitrogens with zero attached hydrogens (tertiary/aromatic N) is 1. The van der Waals surface area contributed by atoms with Gasteiger partial charge in [-0.05, 0) is 53.4 Å². The van der Waals surface area contributed by atoms with Gasteiger partial charge in [0.05, 0.1) is 0 Å². The molecule has 1 fully saturated rings. The Labute approximate surface area is 98.8 Å². The third-order valence-electron chi connectivity index (χ3n) is 3.68. The lowest BCUT2D eigenvalue weighted by atomic mass is 9.75. The molecule has 1 aliphatic carbocycles. The Morgan fingerprint density at radius 1 is 1.38 bits per heavy atom. The van der Waals surface area contributed by atoms with Crippen molar-refractivity contribution < 1.29 is 4.79 Å². The third kappa shape index (κ3) is 3.46. The van der Waals surface area contributed by atoms with Gasteiger partial charge in [-0.15, -0.1) is 0 Å². The quantitative estimate of drug-likeness (QED) is 0.626. The van der Waals surface area contributed by atoms with Gasteiger partial charge in [-0.1, -0.05) is 0 Å². The van der Waals surface area contributed by atoms with E-state index >= 15 is 0 Å². The van der Waals surface area contributed by atoms with Crippen molar-refractivity contribution in [3.63, 3.8) is 0 Å². The van der Waals surface area contributed by atoms with Crippen LogP contribution in [-0.4, -0.2) is 50.6 Å². The van der Waals surface area contributed by atoms with Crippen LogP contribution in [0, 0.1) is 0 Å². The zero-order valence-corrected chi connectivity index (χ0v) is 10.8. The van der Waals surface area contributed by atoms with Crippen LogP contribution in [0.2, 0.25) is 0 Å². The number of carbonyl (C=O) groups is 1. The molecule has 1 amide bonds. The average molecular weight is 227 g/mol. The van der Waals surface area contributed by atoms with Gasteiger partial charge < -0.3 is 15.5 Å². The monoisotopic (exact) mass is 227 g/mol. The first-order valence-corrected chi connectivity index (χ1v) is 6.19. The van der Waals surface area contributed by atoms with E-state index in [4.69, 9.17) is 0 Å². The summed E-state index contributed by atoms with van der Waals surface area (Å²) in [6.07, 6.45) is 5.24. The highest BCUT2D eigenvalue weighted by molar-refractivity contribution is 5.75. The Kier molecular flexibility index (Phi) is 5.22. The van der Waals surface area contributed by atoms with Gasteiger partial charge >= 0.3 is 0 Å². The minimum atomic E-state index is 0.184. The third-order valence-corrected chi connectivity index (χ3v) is 3.68. The minimum absolute atomic E-state index is 0.184. The second-order valence-corrected chi connectivity index (χ2v) is 4.96. The van der Waals surface area contributed by atoms with Crippen LogP contribution in [0.15, 0.2) is 0 Å². The van der Waals surface area contributed by atoms with Crippen molar-refractivity contribution >= 4 is 5.91 Å². The Morgan fingerprint density at radius 2 is 2.06 bits per heavy atom. The predicted octanol–water partition coefficient (Wildman–Crippen LogP) is 0.587. The molecule has 94 valence electrons. The number of rotatable bonds is 7. The zero-order valence-electron chi connectivity index (χ0n) is 10.8. The number of carbonyl (C=O) groups excluding carboxylic acids is 1. The van der Waals surface area contributed by atoms with E-state index in [1.807, 2.05) is 7.05 Å². The van der Waals surface area contributed by atoms with Gasteiger partial charge in [0.25, 0.3) is 0 Å². The number of hydrogen-bond acceptors (Lipinski definition) is 3. The van der Waals surface area contributed by atoms with Crippen molar-refractivity contribution in [1.82, 2.24) is 15.5 Å². The number of hydrogen-bond donors (Lipinski definition) is 2. The van der Waals surface area contributed by atoms with Crippen LogP contribution in [0.5, 0.6) is 0 Å². The number of nitrogens with one attached hydrogen (secondary N) is 2.